The van der Waals surface area contributed by atoms with E-state index in [4.69, 9.17) is 0 Å². The summed E-state index contributed by atoms with van der Waals surface area (Å²) in [5.41, 5.74) is 17.4. The second kappa shape index (κ2) is 15.6. The topological polar surface area (TPSA) is 3.24 Å². The van der Waals surface area contributed by atoms with Gasteiger partial charge >= 0.3 is 0 Å². The summed E-state index contributed by atoms with van der Waals surface area (Å²) in [6, 6.07) is 96.1. The highest BCUT2D eigenvalue weighted by atomic mass is 15.1. The van der Waals surface area contributed by atoms with E-state index in [1.165, 1.54) is 82.7 Å². The van der Waals surface area contributed by atoms with E-state index in [1.54, 1.807) is 0 Å². The van der Waals surface area contributed by atoms with Crippen molar-refractivity contribution in [2.45, 2.75) is 5.41 Å². The Morgan fingerprint density at radius 2 is 0.734 bits per heavy atom. The van der Waals surface area contributed by atoms with E-state index in [0.717, 1.165) is 22.6 Å². The Kier molecular flexibility index (Phi) is 9.13. The molecule has 0 fully saturated rings. The fourth-order valence-electron chi connectivity index (χ4n) is 10.6. The number of benzene rings is 11. The maximum atomic E-state index is 2.57. The molecule has 12 rings (SSSR count). The van der Waals surface area contributed by atoms with Crippen LogP contribution in [0.3, 0.4) is 0 Å². The Labute approximate surface area is 374 Å². The van der Waals surface area contributed by atoms with E-state index >= 15 is 0 Å². The van der Waals surface area contributed by atoms with Crippen LogP contribution in [0.4, 0.5) is 17.1 Å². The van der Waals surface area contributed by atoms with Crippen LogP contribution in [0, 0.1) is 0 Å². The molecule has 0 heterocycles. The van der Waals surface area contributed by atoms with Gasteiger partial charge in [0.05, 0.1) is 16.8 Å². The van der Waals surface area contributed by atoms with Gasteiger partial charge in [0.1, 0.15) is 0 Å². The van der Waals surface area contributed by atoms with Gasteiger partial charge in [0.25, 0.3) is 0 Å². The second-order valence-electron chi connectivity index (χ2n) is 16.7. The lowest BCUT2D eigenvalue weighted by Crippen LogP contribution is -2.29. The van der Waals surface area contributed by atoms with E-state index < -0.39 is 5.41 Å². The normalized spacial score (nSPS) is 12.5. The van der Waals surface area contributed by atoms with Gasteiger partial charge in [-0.05, 0) is 96.1 Å². The van der Waals surface area contributed by atoms with Crippen LogP contribution < -0.4 is 4.90 Å². The molecule has 0 radical (unpaired) electrons. The molecular formula is C63H43N. The molecule has 0 aliphatic heterocycles. The molecular weight excluding hydrogens is 771 g/mol. The fraction of sp³-hybridized carbons (Fsp3) is 0.0159. The minimum atomic E-state index is -0.619. The zero-order valence-electron chi connectivity index (χ0n) is 35.3. The van der Waals surface area contributed by atoms with Gasteiger partial charge in [-0.2, -0.15) is 0 Å². The molecule has 1 heteroatoms. The highest BCUT2D eigenvalue weighted by Crippen LogP contribution is 2.59. The minimum absolute atomic E-state index is 0.619. The standard InChI is InChI=1S/C63H43N/c1-6-22-44(23-7-1)47-38-40-54-55-41-39-50(43-59(55)63(58(54)42-47,48-28-12-4-13-29-48)49-30-14-5-15-31-49)64(60-37-21-20-32-51(60)45-24-8-2-9-25-45)62-57-36-19-17-34-53(57)52-33-16-18-35-56(52)61(62)46-26-10-3-11-27-46/h1-43H. The molecule has 1 aliphatic carbocycles. The quantitative estimate of drug-likeness (QED) is 0.138. The summed E-state index contributed by atoms with van der Waals surface area (Å²) in [5, 5.41) is 4.87. The SMILES string of the molecule is c1ccc(-c2ccc3c(c2)C(c2ccccc2)(c2ccccc2)c2cc(N(c4ccccc4-c4ccccc4)c4c(-c5ccccc5)c5ccccc5c5ccccc45)ccc2-3)cc1. The van der Waals surface area contributed by atoms with Crippen LogP contribution in [0.1, 0.15) is 22.3 Å². The van der Waals surface area contributed by atoms with E-state index in [1.807, 2.05) is 0 Å². The second-order valence-corrected chi connectivity index (χ2v) is 16.7. The van der Waals surface area contributed by atoms with Crippen molar-refractivity contribution >= 4 is 38.6 Å². The van der Waals surface area contributed by atoms with Gasteiger partial charge in [-0.1, -0.05) is 237 Å². The van der Waals surface area contributed by atoms with Gasteiger partial charge in [0.2, 0.25) is 0 Å². The molecule has 0 saturated carbocycles. The molecule has 0 N–H and O–H groups in total. The third-order valence-corrected chi connectivity index (χ3v) is 13.3. The maximum Gasteiger partial charge on any atom is 0.0714 e. The van der Waals surface area contributed by atoms with Gasteiger partial charge in [-0.15, -0.1) is 0 Å². The summed E-state index contributed by atoms with van der Waals surface area (Å²) >= 11 is 0. The molecule has 64 heavy (non-hydrogen) atoms. The van der Waals surface area contributed by atoms with E-state index in [-0.39, 0.29) is 0 Å². The fourth-order valence-corrected chi connectivity index (χ4v) is 10.6. The van der Waals surface area contributed by atoms with Crippen LogP contribution in [0.15, 0.2) is 261 Å². The lowest BCUT2D eigenvalue weighted by Gasteiger charge is -2.36. The van der Waals surface area contributed by atoms with Crippen molar-refractivity contribution in [3.63, 3.8) is 0 Å². The summed E-state index contributed by atoms with van der Waals surface area (Å²) in [5.74, 6) is 0. The number of anilines is 3. The van der Waals surface area contributed by atoms with Crippen molar-refractivity contribution in [1.29, 1.82) is 0 Å². The van der Waals surface area contributed by atoms with Crippen LogP contribution in [0.25, 0.3) is 66.1 Å². The van der Waals surface area contributed by atoms with Crippen molar-refractivity contribution in [2.24, 2.45) is 0 Å². The first-order valence-electron chi connectivity index (χ1n) is 22.2. The number of fused-ring (bicyclic) bond motifs is 6. The Hall–Kier alpha value is -8.26. The number of hydrogen-bond donors (Lipinski definition) is 0. The minimum Gasteiger partial charge on any atom is -0.309 e. The molecule has 1 aliphatic rings. The summed E-state index contributed by atoms with van der Waals surface area (Å²) < 4.78 is 0. The van der Waals surface area contributed by atoms with Crippen molar-refractivity contribution in [1.82, 2.24) is 0 Å². The van der Waals surface area contributed by atoms with Gasteiger partial charge in [-0.3, -0.25) is 0 Å². The zero-order chi connectivity index (χ0) is 42.5. The molecule has 300 valence electrons. The molecule has 11 aromatic rings. The molecule has 1 nitrogen and oxygen atoms in total. The van der Waals surface area contributed by atoms with Crippen molar-refractivity contribution in [3.8, 4) is 44.5 Å². The monoisotopic (exact) mass is 813 g/mol. The van der Waals surface area contributed by atoms with Gasteiger partial charge < -0.3 is 4.90 Å². The van der Waals surface area contributed by atoms with Crippen LogP contribution in [-0.4, -0.2) is 0 Å². The van der Waals surface area contributed by atoms with Crippen LogP contribution in [0.2, 0.25) is 0 Å². The molecule has 0 spiro atoms. The van der Waals surface area contributed by atoms with Crippen LogP contribution in [-0.2, 0) is 5.41 Å². The molecule has 0 aromatic heterocycles. The van der Waals surface area contributed by atoms with E-state index in [0.29, 0.717) is 0 Å². The summed E-state index contributed by atoms with van der Waals surface area (Å²) in [6.07, 6.45) is 0. The Morgan fingerprint density at radius 1 is 0.281 bits per heavy atom. The predicted molar refractivity (Wildman–Crippen MR) is 270 cm³/mol. The number of rotatable bonds is 8. The summed E-state index contributed by atoms with van der Waals surface area (Å²) in [6.45, 7) is 0. The first-order valence-corrected chi connectivity index (χ1v) is 22.2. The molecule has 0 atom stereocenters. The third-order valence-electron chi connectivity index (χ3n) is 13.3. The summed E-state index contributed by atoms with van der Waals surface area (Å²) in [4.78, 5) is 2.57. The number of para-hydroxylation sites is 1. The Balaban J connectivity index is 1.23. The van der Waals surface area contributed by atoms with Gasteiger partial charge in [0.15, 0.2) is 0 Å². The number of hydrogen-bond acceptors (Lipinski definition) is 1. The maximum absolute atomic E-state index is 2.57. The highest BCUT2D eigenvalue weighted by molar-refractivity contribution is 6.22. The van der Waals surface area contributed by atoms with Crippen LogP contribution >= 0.6 is 0 Å². The average Bonchev–Trinajstić information content (AvgIpc) is 3.67. The van der Waals surface area contributed by atoms with Gasteiger partial charge in [-0.25, -0.2) is 0 Å². The average molecular weight is 814 g/mol. The lowest BCUT2D eigenvalue weighted by molar-refractivity contribution is 0.768. The Bertz CT molecular complexity index is 3430. The summed E-state index contributed by atoms with van der Waals surface area (Å²) in [7, 11) is 0. The predicted octanol–water partition coefficient (Wildman–Crippen LogP) is 16.8. The van der Waals surface area contributed by atoms with Crippen LogP contribution in [0.5, 0.6) is 0 Å². The molecule has 0 bridgehead atoms. The number of nitrogens with zero attached hydrogens (tertiary/aromatic N) is 1. The smallest absolute Gasteiger partial charge is 0.0714 e. The zero-order valence-corrected chi connectivity index (χ0v) is 35.3. The van der Waals surface area contributed by atoms with Crippen molar-refractivity contribution in [2.75, 3.05) is 4.90 Å². The van der Waals surface area contributed by atoms with E-state index in [9.17, 15) is 0 Å². The van der Waals surface area contributed by atoms with Crippen molar-refractivity contribution in [3.05, 3.63) is 283 Å². The molecule has 0 amide bonds. The highest BCUT2D eigenvalue weighted by Gasteiger charge is 2.47. The Morgan fingerprint density at radius 3 is 1.36 bits per heavy atom. The van der Waals surface area contributed by atoms with Gasteiger partial charge in [0, 0.05) is 22.2 Å². The molecule has 11 aromatic carbocycles. The first kappa shape index (κ1) is 37.5. The van der Waals surface area contributed by atoms with E-state index in [2.05, 4.69) is 266 Å². The molecule has 0 unspecified atom stereocenters. The third kappa shape index (κ3) is 5.93. The first-order chi connectivity index (χ1) is 31.8. The van der Waals surface area contributed by atoms with Crippen molar-refractivity contribution < 1.29 is 0 Å². The lowest BCUT2D eigenvalue weighted by atomic mass is 9.67. The molecule has 0 saturated heterocycles. The largest absolute Gasteiger partial charge is 0.309 e.